The summed E-state index contributed by atoms with van der Waals surface area (Å²) < 4.78 is 5.37. The van der Waals surface area contributed by atoms with Gasteiger partial charge in [0.25, 0.3) is 0 Å². The maximum absolute atomic E-state index is 12.4. The number of hydrogen-bond acceptors (Lipinski definition) is 3. The summed E-state index contributed by atoms with van der Waals surface area (Å²) in [4.78, 5) is 12.4. The van der Waals surface area contributed by atoms with Crippen LogP contribution in [0.5, 0.6) is 0 Å². The molecular formula is C15H25NO2. The van der Waals surface area contributed by atoms with E-state index in [1.165, 1.54) is 24.8 Å². The zero-order valence-corrected chi connectivity index (χ0v) is 11.5. The van der Waals surface area contributed by atoms with Crippen molar-refractivity contribution in [2.75, 3.05) is 19.7 Å². The first-order valence-corrected chi connectivity index (χ1v) is 7.37. The van der Waals surface area contributed by atoms with Crippen molar-refractivity contribution in [2.45, 2.75) is 51.9 Å². The topological polar surface area (TPSA) is 38.3 Å². The highest BCUT2D eigenvalue weighted by atomic mass is 16.5. The molecule has 1 aliphatic heterocycles. The second-order valence-electron chi connectivity index (χ2n) is 5.38. The molecular weight excluding hydrogens is 226 g/mol. The smallest absolute Gasteiger partial charge is 0.316 e. The van der Waals surface area contributed by atoms with E-state index < -0.39 is 0 Å². The van der Waals surface area contributed by atoms with Crippen LogP contribution in [-0.2, 0) is 9.53 Å². The van der Waals surface area contributed by atoms with Crippen molar-refractivity contribution in [3.8, 4) is 0 Å². The van der Waals surface area contributed by atoms with E-state index in [9.17, 15) is 4.79 Å². The molecule has 0 aromatic carbocycles. The largest absolute Gasteiger partial charge is 0.465 e. The molecule has 1 N–H and O–H groups in total. The number of esters is 1. The van der Waals surface area contributed by atoms with Gasteiger partial charge in [-0.05, 0) is 58.5 Å². The Labute approximate surface area is 110 Å². The molecule has 0 radical (unpaired) electrons. The molecule has 0 bridgehead atoms. The molecule has 1 saturated heterocycles. The minimum atomic E-state index is -0.314. The normalized spacial score (nSPS) is 23.9. The summed E-state index contributed by atoms with van der Waals surface area (Å²) in [7, 11) is 0. The lowest BCUT2D eigenvalue weighted by atomic mass is 9.71. The Kier molecular flexibility index (Phi) is 4.81. The lowest BCUT2D eigenvalue weighted by Crippen LogP contribution is -2.44. The molecule has 0 aromatic rings. The molecule has 3 heteroatoms. The molecule has 2 rings (SSSR count). The highest BCUT2D eigenvalue weighted by Crippen LogP contribution is 2.42. The van der Waals surface area contributed by atoms with Crippen molar-refractivity contribution in [3.63, 3.8) is 0 Å². The van der Waals surface area contributed by atoms with E-state index in [1.54, 1.807) is 0 Å². The molecule has 3 nitrogen and oxygen atoms in total. The molecule has 1 aliphatic carbocycles. The molecule has 102 valence electrons. The summed E-state index contributed by atoms with van der Waals surface area (Å²) >= 11 is 0. The fraction of sp³-hybridized carbons (Fsp3) is 0.800. The van der Waals surface area contributed by atoms with Crippen molar-refractivity contribution in [1.29, 1.82) is 0 Å². The summed E-state index contributed by atoms with van der Waals surface area (Å²) in [5.41, 5.74) is 1.05. The van der Waals surface area contributed by atoms with Crippen LogP contribution in [0.3, 0.4) is 0 Å². The predicted octanol–water partition coefficient (Wildman–Crippen LogP) is 2.81. The molecule has 0 atom stereocenters. The van der Waals surface area contributed by atoms with Gasteiger partial charge in [-0.2, -0.15) is 0 Å². The number of piperidine rings is 1. The Morgan fingerprint density at radius 2 is 2.11 bits per heavy atom. The minimum Gasteiger partial charge on any atom is -0.465 e. The first kappa shape index (κ1) is 13.6. The Balaban J connectivity index is 2.22. The van der Waals surface area contributed by atoms with Crippen molar-refractivity contribution in [3.05, 3.63) is 11.6 Å². The van der Waals surface area contributed by atoms with Crippen molar-refractivity contribution < 1.29 is 9.53 Å². The van der Waals surface area contributed by atoms with Gasteiger partial charge in [-0.15, -0.1) is 0 Å². The number of nitrogens with one attached hydrogen (secondary N) is 1. The second-order valence-corrected chi connectivity index (χ2v) is 5.38. The van der Waals surface area contributed by atoms with Crippen LogP contribution in [0, 0.1) is 5.41 Å². The number of carbonyl (C=O) groups excluding carboxylic acids is 1. The number of allylic oxidation sites excluding steroid dienone is 1. The zero-order chi connectivity index (χ0) is 12.8. The Bertz CT molecular complexity index is 316. The van der Waals surface area contributed by atoms with Gasteiger partial charge in [0.2, 0.25) is 0 Å². The fourth-order valence-electron chi connectivity index (χ4n) is 3.23. The molecule has 0 aromatic heterocycles. The average molecular weight is 251 g/mol. The van der Waals surface area contributed by atoms with Crippen LogP contribution in [0.2, 0.25) is 0 Å². The van der Waals surface area contributed by atoms with E-state index in [-0.39, 0.29) is 11.4 Å². The Morgan fingerprint density at radius 3 is 2.83 bits per heavy atom. The summed E-state index contributed by atoms with van der Waals surface area (Å²) in [6, 6.07) is 0. The summed E-state index contributed by atoms with van der Waals surface area (Å²) in [5, 5.41) is 3.36. The van der Waals surface area contributed by atoms with E-state index in [0.717, 1.165) is 38.8 Å². The number of hydrogen-bond donors (Lipinski definition) is 1. The van der Waals surface area contributed by atoms with Crippen molar-refractivity contribution >= 4 is 5.97 Å². The molecule has 2 aliphatic rings. The van der Waals surface area contributed by atoms with Gasteiger partial charge >= 0.3 is 5.97 Å². The van der Waals surface area contributed by atoms with Gasteiger partial charge in [-0.25, -0.2) is 0 Å². The number of rotatable bonds is 3. The van der Waals surface area contributed by atoms with Gasteiger partial charge in [0.15, 0.2) is 0 Å². The molecule has 0 unspecified atom stereocenters. The van der Waals surface area contributed by atoms with Crippen LogP contribution in [-0.4, -0.2) is 25.7 Å². The third kappa shape index (κ3) is 2.77. The molecule has 0 amide bonds. The predicted molar refractivity (Wildman–Crippen MR) is 72.3 cm³/mol. The standard InChI is InChI=1S/C15H25NO2/c1-2-18-14(17)15(9-11-16-12-10-15)13-7-5-3-4-6-8-13/h7,16H,2-6,8-12H2,1H3. The van der Waals surface area contributed by atoms with Crippen LogP contribution in [0.15, 0.2) is 11.6 Å². The third-order valence-corrected chi connectivity index (χ3v) is 4.28. The number of ether oxygens (including phenoxy) is 1. The number of carbonyl (C=O) groups is 1. The van der Waals surface area contributed by atoms with Crippen molar-refractivity contribution in [2.24, 2.45) is 5.41 Å². The van der Waals surface area contributed by atoms with E-state index >= 15 is 0 Å². The third-order valence-electron chi connectivity index (χ3n) is 4.28. The Hall–Kier alpha value is -0.830. The van der Waals surface area contributed by atoms with Crippen molar-refractivity contribution in [1.82, 2.24) is 5.32 Å². The first-order valence-electron chi connectivity index (χ1n) is 7.37. The van der Waals surface area contributed by atoms with E-state index in [4.69, 9.17) is 4.74 Å². The SMILES string of the molecule is CCOC(=O)C1(C2=CCCCCC2)CCNCC1. The molecule has 0 saturated carbocycles. The second kappa shape index (κ2) is 6.37. The van der Waals surface area contributed by atoms with Gasteiger partial charge in [0.05, 0.1) is 12.0 Å². The Morgan fingerprint density at radius 1 is 1.33 bits per heavy atom. The van der Waals surface area contributed by atoms with Crippen LogP contribution in [0.4, 0.5) is 0 Å². The molecule has 0 spiro atoms. The quantitative estimate of drug-likeness (QED) is 0.619. The van der Waals surface area contributed by atoms with E-state index in [2.05, 4.69) is 11.4 Å². The van der Waals surface area contributed by atoms with Crippen LogP contribution < -0.4 is 5.32 Å². The summed E-state index contributed by atoms with van der Waals surface area (Å²) in [5.74, 6) is 0.0136. The maximum Gasteiger partial charge on any atom is 0.316 e. The highest BCUT2D eigenvalue weighted by molar-refractivity contribution is 5.81. The summed E-state index contributed by atoms with van der Waals surface area (Å²) in [6.45, 7) is 4.24. The molecule has 1 heterocycles. The van der Waals surface area contributed by atoms with E-state index in [0.29, 0.717) is 6.61 Å². The van der Waals surface area contributed by atoms with Gasteiger partial charge < -0.3 is 10.1 Å². The lowest BCUT2D eigenvalue weighted by molar-refractivity contribution is -0.154. The average Bonchev–Trinajstić information content (AvgIpc) is 2.69. The molecule has 1 fully saturated rings. The first-order chi connectivity index (χ1) is 8.79. The zero-order valence-electron chi connectivity index (χ0n) is 11.5. The maximum atomic E-state index is 12.4. The van der Waals surface area contributed by atoms with Gasteiger partial charge in [-0.1, -0.05) is 18.1 Å². The fourth-order valence-corrected chi connectivity index (χ4v) is 3.23. The highest BCUT2D eigenvalue weighted by Gasteiger charge is 2.43. The summed E-state index contributed by atoms with van der Waals surface area (Å²) in [6.07, 6.45) is 10.1. The van der Waals surface area contributed by atoms with E-state index in [1.807, 2.05) is 6.92 Å². The lowest BCUT2D eigenvalue weighted by Gasteiger charge is -2.37. The van der Waals surface area contributed by atoms with Gasteiger partial charge in [-0.3, -0.25) is 4.79 Å². The van der Waals surface area contributed by atoms with Crippen LogP contribution >= 0.6 is 0 Å². The van der Waals surface area contributed by atoms with Crippen LogP contribution in [0.25, 0.3) is 0 Å². The van der Waals surface area contributed by atoms with Crippen LogP contribution in [0.1, 0.15) is 51.9 Å². The van der Waals surface area contributed by atoms with Gasteiger partial charge in [0.1, 0.15) is 0 Å². The molecule has 18 heavy (non-hydrogen) atoms. The minimum absolute atomic E-state index is 0.0136. The van der Waals surface area contributed by atoms with Gasteiger partial charge in [0, 0.05) is 0 Å². The monoisotopic (exact) mass is 251 g/mol.